The molecule has 2 rings (SSSR count). The average Bonchev–Trinajstić information content (AvgIpc) is 2.48. The first-order valence-electron chi connectivity index (χ1n) is 6.07. The number of halogens is 4. The zero-order chi connectivity index (χ0) is 16.4. The highest BCUT2D eigenvalue weighted by Gasteiger charge is 2.42. The lowest BCUT2D eigenvalue weighted by atomic mass is 10.2. The van der Waals surface area contributed by atoms with Crippen molar-refractivity contribution >= 4 is 14.7 Å². The number of sulfone groups is 1. The first kappa shape index (κ1) is 16.2. The maximum absolute atomic E-state index is 13.8. The Morgan fingerprint density at radius 2 is 1.27 bits per heavy atom. The molecule has 0 fully saturated rings. The van der Waals surface area contributed by atoms with Crippen molar-refractivity contribution in [2.45, 2.75) is 11.1 Å². The van der Waals surface area contributed by atoms with Crippen molar-refractivity contribution in [2.75, 3.05) is 0 Å². The number of alkyl halides is 3. The lowest BCUT2D eigenvalue weighted by Gasteiger charge is -2.13. The van der Waals surface area contributed by atoms with E-state index in [0.717, 1.165) is 24.3 Å². The molecular weight excluding hydrogens is 320 g/mol. The van der Waals surface area contributed by atoms with Gasteiger partial charge < -0.3 is 0 Å². The van der Waals surface area contributed by atoms with Crippen LogP contribution in [0, 0.1) is 0 Å². The second kappa shape index (κ2) is 5.92. The van der Waals surface area contributed by atoms with Gasteiger partial charge in [0.05, 0.1) is 4.90 Å². The molecule has 0 aliphatic rings. The average molecular weight is 330 g/mol. The molecule has 116 valence electrons. The summed E-state index contributed by atoms with van der Waals surface area (Å²) >= 11 is 0. The summed E-state index contributed by atoms with van der Waals surface area (Å²) in [6.45, 7) is 0. The molecule has 0 atom stereocenters. The monoisotopic (exact) mass is 330 g/mol. The third-order valence-corrected chi connectivity index (χ3v) is 4.65. The van der Waals surface area contributed by atoms with Gasteiger partial charge in [0.2, 0.25) is 15.7 Å². The fourth-order valence-corrected chi connectivity index (χ4v) is 3.38. The molecule has 0 N–H and O–H groups in total. The van der Waals surface area contributed by atoms with Crippen LogP contribution in [0.3, 0.4) is 0 Å². The van der Waals surface area contributed by atoms with Gasteiger partial charge in [0.25, 0.3) is 0 Å². The van der Waals surface area contributed by atoms with Gasteiger partial charge in [-0.1, -0.05) is 48.5 Å². The van der Waals surface area contributed by atoms with Gasteiger partial charge in [-0.2, -0.15) is 13.2 Å². The summed E-state index contributed by atoms with van der Waals surface area (Å²) in [6, 6.07) is 12.8. The molecule has 0 aliphatic carbocycles. The van der Waals surface area contributed by atoms with Gasteiger partial charge in [-0.15, -0.1) is 0 Å². The second-order valence-electron chi connectivity index (χ2n) is 4.32. The van der Waals surface area contributed by atoms with Crippen LogP contribution >= 0.6 is 0 Å². The van der Waals surface area contributed by atoms with Gasteiger partial charge in [-0.3, -0.25) is 0 Å². The van der Waals surface area contributed by atoms with E-state index in [1.54, 1.807) is 0 Å². The lowest BCUT2D eigenvalue weighted by molar-refractivity contribution is -0.107. The SMILES string of the molecule is O=S(=O)(/C(=C(\F)C(F)(F)F)c1ccccc1)c1ccccc1. The minimum atomic E-state index is -5.40. The predicted molar refractivity (Wildman–Crippen MR) is 74.2 cm³/mol. The van der Waals surface area contributed by atoms with Crippen LogP contribution in [0.4, 0.5) is 17.6 Å². The Morgan fingerprint density at radius 3 is 1.73 bits per heavy atom. The topological polar surface area (TPSA) is 34.1 Å². The summed E-state index contributed by atoms with van der Waals surface area (Å²) < 4.78 is 76.9. The molecule has 0 heterocycles. The maximum atomic E-state index is 13.8. The summed E-state index contributed by atoms with van der Waals surface area (Å²) in [6.07, 6.45) is -5.40. The Bertz CT molecular complexity index is 779. The Hall–Kier alpha value is -2.15. The maximum Gasteiger partial charge on any atom is 0.444 e. The summed E-state index contributed by atoms with van der Waals surface area (Å²) in [5, 5.41) is 0. The Morgan fingerprint density at radius 1 is 0.818 bits per heavy atom. The molecule has 2 nitrogen and oxygen atoms in total. The largest absolute Gasteiger partial charge is 0.444 e. The molecule has 7 heteroatoms. The standard InChI is InChI=1S/C15H10F4O2S/c16-14(15(17,18)19)13(11-7-3-1-4-8-11)22(20,21)12-9-5-2-6-10-12/h1-10H/b14-13-. The number of rotatable bonds is 3. The molecule has 0 saturated heterocycles. The Labute approximate surface area is 124 Å². The first-order valence-corrected chi connectivity index (χ1v) is 7.55. The van der Waals surface area contributed by atoms with Crippen molar-refractivity contribution < 1.29 is 26.0 Å². The second-order valence-corrected chi connectivity index (χ2v) is 6.21. The molecule has 2 aromatic carbocycles. The molecule has 0 spiro atoms. The highest BCUT2D eigenvalue weighted by atomic mass is 32.2. The zero-order valence-electron chi connectivity index (χ0n) is 11.0. The van der Waals surface area contributed by atoms with Crippen LogP contribution in [0.15, 0.2) is 71.4 Å². The van der Waals surface area contributed by atoms with E-state index in [2.05, 4.69) is 0 Å². The highest BCUT2D eigenvalue weighted by Crippen LogP contribution is 2.38. The molecule has 0 saturated carbocycles. The minimum absolute atomic E-state index is 0.360. The number of hydrogen-bond acceptors (Lipinski definition) is 2. The molecule has 0 radical (unpaired) electrons. The first-order chi connectivity index (χ1) is 10.2. The van der Waals surface area contributed by atoms with E-state index >= 15 is 0 Å². The summed E-state index contributed by atoms with van der Waals surface area (Å²) in [7, 11) is -4.65. The quantitative estimate of drug-likeness (QED) is 0.784. The fourth-order valence-electron chi connectivity index (χ4n) is 1.84. The van der Waals surface area contributed by atoms with Gasteiger partial charge in [0.15, 0.2) is 0 Å². The van der Waals surface area contributed by atoms with Crippen molar-refractivity contribution in [3.8, 4) is 0 Å². The van der Waals surface area contributed by atoms with Gasteiger partial charge >= 0.3 is 6.18 Å². The van der Waals surface area contributed by atoms with E-state index in [4.69, 9.17) is 0 Å². The summed E-state index contributed by atoms with van der Waals surface area (Å²) in [5.41, 5.74) is -0.360. The molecule has 0 bridgehead atoms. The number of hydrogen-bond donors (Lipinski definition) is 0. The Kier molecular flexibility index (Phi) is 4.37. The lowest BCUT2D eigenvalue weighted by Crippen LogP contribution is -2.15. The highest BCUT2D eigenvalue weighted by molar-refractivity contribution is 8.00. The molecule has 2 aromatic rings. The van der Waals surface area contributed by atoms with Gasteiger partial charge in [-0.25, -0.2) is 12.8 Å². The van der Waals surface area contributed by atoms with Crippen molar-refractivity contribution in [3.63, 3.8) is 0 Å². The molecule has 0 aromatic heterocycles. The van der Waals surface area contributed by atoms with Gasteiger partial charge in [-0.05, 0) is 17.7 Å². The zero-order valence-corrected chi connectivity index (χ0v) is 11.8. The van der Waals surface area contributed by atoms with Crippen LogP contribution in [-0.2, 0) is 9.84 Å². The smallest absolute Gasteiger partial charge is 0.218 e. The van der Waals surface area contributed by atoms with Crippen molar-refractivity contribution in [3.05, 3.63) is 72.1 Å². The summed E-state index contributed by atoms with van der Waals surface area (Å²) in [5.74, 6) is -2.64. The van der Waals surface area contributed by atoms with E-state index in [9.17, 15) is 26.0 Å². The predicted octanol–water partition coefficient (Wildman–Crippen LogP) is 4.36. The Balaban J connectivity index is 2.77. The van der Waals surface area contributed by atoms with Crippen molar-refractivity contribution in [1.29, 1.82) is 0 Å². The van der Waals surface area contributed by atoms with Crippen molar-refractivity contribution in [2.24, 2.45) is 0 Å². The van der Waals surface area contributed by atoms with Crippen LogP contribution < -0.4 is 0 Å². The molecule has 0 aliphatic heterocycles. The van der Waals surface area contributed by atoms with Crippen LogP contribution in [0.2, 0.25) is 0 Å². The third kappa shape index (κ3) is 3.19. The molecule has 0 unspecified atom stereocenters. The van der Waals surface area contributed by atoms with E-state index < -0.39 is 31.6 Å². The number of allylic oxidation sites excluding steroid dienone is 1. The number of benzene rings is 2. The summed E-state index contributed by atoms with van der Waals surface area (Å²) in [4.78, 5) is -1.79. The molecule has 0 amide bonds. The van der Waals surface area contributed by atoms with E-state index in [1.165, 1.54) is 36.4 Å². The van der Waals surface area contributed by atoms with E-state index in [1.807, 2.05) is 0 Å². The van der Waals surface area contributed by atoms with E-state index in [0.29, 0.717) is 0 Å². The van der Waals surface area contributed by atoms with Crippen LogP contribution in [0.25, 0.3) is 4.91 Å². The van der Waals surface area contributed by atoms with Crippen molar-refractivity contribution in [1.82, 2.24) is 0 Å². The normalized spacial score (nSPS) is 13.6. The minimum Gasteiger partial charge on any atom is -0.218 e. The van der Waals surface area contributed by atoms with Gasteiger partial charge in [0.1, 0.15) is 4.91 Å². The molecule has 22 heavy (non-hydrogen) atoms. The van der Waals surface area contributed by atoms with Gasteiger partial charge in [0, 0.05) is 0 Å². The third-order valence-electron chi connectivity index (χ3n) is 2.81. The van der Waals surface area contributed by atoms with E-state index in [-0.39, 0.29) is 5.56 Å². The van der Waals surface area contributed by atoms with Crippen LogP contribution in [0.1, 0.15) is 5.56 Å². The fraction of sp³-hybridized carbons (Fsp3) is 0.0667. The van der Waals surface area contributed by atoms with Crippen LogP contribution in [0.5, 0.6) is 0 Å². The van der Waals surface area contributed by atoms with Crippen LogP contribution in [-0.4, -0.2) is 14.6 Å². The molecular formula is C15H10F4O2S.